The lowest BCUT2D eigenvalue weighted by Crippen LogP contribution is -2.04. The van der Waals surface area contributed by atoms with Crippen molar-refractivity contribution in [1.82, 2.24) is 0 Å². The Kier molecular flexibility index (Phi) is 5.86. The molecule has 0 unspecified atom stereocenters. The molecule has 0 aliphatic carbocycles. The fourth-order valence-electron chi connectivity index (χ4n) is 2.38. The van der Waals surface area contributed by atoms with Gasteiger partial charge in [0.25, 0.3) is 0 Å². The number of carbonyl (C=O) groups is 1. The third kappa shape index (κ3) is 5.31. The molecule has 0 radical (unpaired) electrons. The number of aromatic hydroxyl groups is 1. The number of nitrogens with zero attached hydrogens (tertiary/aromatic N) is 4. The number of hydrogen-bond acceptors (Lipinski definition) is 6. The van der Waals surface area contributed by atoms with E-state index >= 15 is 0 Å². The van der Waals surface area contributed by atoms with Gasteiger partial charge in [0.2, 0.25) is 5.91 Å². The first-order chi connectivity index (χ1) is 13.5. The van der Waals surface area contributed by atoms with E-state index in [1.807, 2.05) is 25.1 Å². The molecule has 28 heavy (non-hydrogen) atoms. The normalized spacial score (nSPS) is 11.2. The minimum absolute atomic E-state index is 0.118. The van der Waals surface area contributed by atoms with Crippen molar-refractivity contribution >= 4 is 34.3 Å². The number of nitrogens with one attached hydrogen (secondary N) is 1. The zero-order chi connectivity index (χ0) is 19.9. The minimum atomic E-state index is -0.118. The van der Waals surface area contributed by atoms with Gasteiger partial charge in [-0.1, -0.05) is 0 Å². The molecule has 7 nitrogen and oxygen atoms in total. The first-order valence-corrected chi connectivity index (χ1v) is 8.60. The fourth-order valence-corrected chi connectivity index (χ4v) is 2.38. The Balaban J connectivity index is 1.69. The monoisotopic (exact) mass is 373 g/mol. The van der Waals surface area contributed by atoms with Gasteiger partial charge in [0.05, 0.1) is 22.7 Å². The number of phenols is 1. The molecule has 140 valence electrons. The van der Waals surface area contributed by atoms with Crippen molar-refractivity contribution < 1.29 is 9.90 Å². The third-order valence-corrected chi connectivity index (χ3v) is 3.77. The molecule has 3 rings (SSSR count). The van der Waals surface area contributed by atoms with Gasteiger partial charge in [-0.05, 0) is 79.2 Å². The molecule has 0 bridgehead atoms. The topological polar surface area (TPSA) is 98.8 Å². The van der Waals surface area contributed by atoms with Crippen molar-refractivity contribution in [2.45, 2.75) is 13.8 Å². The maximum Gasteiger partial charge on any atom is 0.221 e. The van der Waals surface area contributed by atoms with Crippen molar-refractivity contribution in [3.63, 3.8) is 0 Å². The summed E-state index contributed by atoms with van der Waals surface area (Å²) in [5, 5.41) is 28.8. The Morgan fingerprint density at radius 1 is 0.786 bits per heavy atom. The Morgan fingerprint density at radius 3 is 1.93 bits per heavy atom. The number of carbonyl (C=O) groups excluding carboxylic acids is 1. The highest BCUT2D eigenvalue weighted by molar-refractivity contribution is 5.88. The Bertz CT molecular complexity index is 1030. The van der Waals surface area contributed by atoms with E-state index in [-0.39, 0.29) is 11.7 Å². The fraction of sp³-hybridized carbons (Fsp3) is 0.0952. The maximum atomic E-state index is 11.0. The largest absolute Gasteiger partial charge is 0.508 e. The van der Waals surface area contributed by atoms with Crippen LogP contribution in [-0.4, -0.2) is 11.0 Å². The molecule has 0 atom stereocenters. The number of hydrogen-bond donors (Lipinski definition) is 2. The summed E-state index contributed by atoms with van der Waals surface area (Å²) < 4.78 is 0. The average molecular weight is 373 g/mol. The molecule has 0 spiro atoms. The quantitative estimate of drug-likeness (QED) is 0.500. The first-order valence-electron chi connectivity index (χ1n) is 8.60. The van der Waals surface area contributed by atoms with Crippen LogP contribution >= 0.6 is 0 Å². The Morgan fingerprint density at radius 2 is 1.32 bits per heavy atom. The average Bonchev–Trinajstić information content (AvgIpc) is 2.67. The van der Waals surface area contributed by atoms with Crippen molar-refractivity contribution in [2.75, 3.05) is 5.32 Å². The van der Waals surface area contributed by atoms with Crippen molar-refractivity contribution in [3.05, 3.63) is 72.3 Å². The molecular weight excluding hydrogens is 354 g/mol. The van der Waals surface area contributed by atoms with Gasteiger partial charge in [0, 0.05) is 12.6 Å². The number of anilines is 1. The van der Waals surface area contributed by atoms with Gasteiger partial charge in [-0.3, -0.25) is 4.79 Å². The zero-order valence-electron chi connectivity index (χ0n) is 15.5. The van der Waals surface area contributed by atoms with Crippen molar-refractivity contribution in [2.24, 2.45) is 20.5 Å². The van der Waals surface area contributed by atoms with Gasteiger partial charge in [-0.25, -0.2) is 0 Å². The van der Waals surface area contributed by atoms with Crippen molar-refractivity contribution in [1.29, 1.82) is 0 Å². The molecule has 3 aromatic carbocycles. The summed E-state index contributed by atoms with van der Waals surface area (Å²) in [5.41, 5.74) is 4.40. The Hall–Kier alpha value is -3.87. The summed E-state index contributed by atoms with van der Waals surface area (Å²) in [4.78, 5) is 11.0. The zero-order valence-corrected chi connectivity index (χ0v) is 15.5. The van der Waals surface area contributed by atoms with E-state index < -0.39 is 0 Å². The van der Waals surface area contributed by atoms with E-state index in [0.717, 1.165) is 11.3 Å². The summed E-state index contributed by atoms with van der Waals surface area (Å²) in [6.45, 7) is 3.39. The third-order valence-electron chi connectivity index (χ3n) is 3.77. The summed E-state index contributed by atoms with van der Waals surface area (Å²) >= 11 is 0. The second-order valence-corrected chi connectivity index (χ2v) is 6.12. The lowest BCUT2D eigenvalue weighted by atomic mass is 10.2. The molecule has 3 aromatic rings. The SMILES string of the molecule is CC(=O)Nc1ccc(N=Nc2ccc(N=Nc3ccc(O)cc3)cc2C)cc1. The smallest absolute Gasteiger partial charge is 0.221 e. The van der Waals surface area contributed by atoms with Crippen LogP contribution in [0.4, 0.5) is 28.4 Å². The molecule has 0 aliphatic rings. The van der Waals surface area contributed by atoms with E-state index in [1.165, 1.54) is 6.92 Å². The summed E-state index contributed by atoms with van der Waals surface area (Å²) in [5.74, 6) is 0.0712. The van der Waals surface area contributed by atoms with E-state index in [1.54, 1.807) is 48.5 Å². The molecular formula is C21H19N5O2. The van der Waals surface area contributed by atoms with Crippen LogP contribution in [-0.2, 0) is 4.79 Å². The van der Waals surface area contributed by atoms with E-state index in [4.69, 9.17) is 0 Å². The van der Waals surface area contributed by atoms with Gasteiger partial charge in [-0.15, -0.1) is 0 Å². The lowest BCUT2D eigenvalue weighted by Gasteiger charge is -2.02. The van der Waals surface area contributed by atoms with Crippen LogP contribution in [0.25, 0.3) is 0 Å². The number of azo groups is 2. The number of amides is 1. The summed E-state index contributed by atoms with van der Waals surface area (Å²) in [7, 11) is 0. The summed E-state index contributed by atoms with van der Waals surface area (Å²) in [6, 6.07) is 19.1. The van der Waals surface area contributed by atoms with Crippen LogP contribution in [0.5, 0.6) is 5.75 Å². The van der Waals surface area contributed by atoms with E-state index in [9.17, 15) is 9.90 Å². The van der Waals surface area contributed by atoms with Crippen LogP contribution in [0, 0.1) is 6.92 Å². The van der Waals surface area contributed by atoms with Crippen LogP contribution in [0.3, 0.4) is 0 Å². The predicted octanol–water partition coefficient (Wildman–Crippen LogP) is 6.49. The van der Waals surface area contributed by atoms with Crippen LogP contribution in [0.1, 0.15) is 12.5 Å². The number of benzene rings is 3. The molecule has 2 N–H and O–H groups in total. The van der Waals surface area contributed by atoms with Crippen LogP contribution < -0.4 is 5.32 Å². The predicted molar refractivity (Wildman–Crippen MR) is 108 cm³/mol. The molecule has 7 heteroatoms. The maximum absolute atomic E-state index is 11.0. The van der Waals surface area contributed by atoms with Crippen LogP contribution in [0.2, 0.25) is 0 Å². The second-order valence-electron chi connectivity index (χ2n) is 6.12. The first kappa shape index (κ1) is 18.9. The number of rotatable bonds is 5. The van der Waals surface area contributed by atoms with Gasteiger partial charge < -0.3 is 10.4 Å². The molecule has 0 heterocycles. The molecule has 0 saturated carbocycles. The highest BCUT2D eigenvalue weighted by Crippen LogP contribution is 2.28. The van der Waals surface area contributed by atoms with E-state index in [0.29, 0.717) is 22.7 Å². The van der Waals surface area contributed by atoms with Crippen molar-refractivity contribution in [3.8, 4) is 5.75 Å². The Labute approximate surface area is 162 Å². The van der Waals surface area contributed by atoms with Gasteiger partial charge in [0.15, 0.2) is 0 Å². The molecule has 0 aromatic heterocycles. The molecule has 0 fully saturated rings. The van der Waals surface area contributed by atoms with Crippen LogP contribution in [0.15, 0.2) is 87.2 Å². The molecule has 0 aliphatic heterocycles. The van der Waals surface area contributed by atoms with Gasteiger partial charge in [0.1, 0.15) is 5.75 Å². The number of aryl methyl sites for hydroxylation is 1. The standard InChI is InChI=1S/C21H19N5O2/c1-14-13-19(25-23-18-7-10-20(28)11-8-18)9-12-21(14)26-24-17-5-3-16(4-6-17)22-15(2)27/h3-13,28H,1-2H3,(H,22,27). The minimum Gasteiger partial charge on any atom is -0.508 e. The summed E-state index contributed by atoms with van der Waals surface area (Å²) in [6.07, 6.45) is 0. The number of phenolic OH excluding ortho intramolecular Hbond substituents is 1. The highest BCUT2D eigenvalue weighted by Gasteiger charge is 2.00. The van der Waals surface area contributed by atoms with Gasteiger partial charge >= 0.3 is 0 Å². The van der Waals surface area contributed by atoms with E-state index in [2.05, 4.69) is 25.8 Å². The molecule has 0 saturated heterocycles. The highest BCUT2D eigenvalue weighted by atomic mass is 16.3. The molecule has 1 amide bonds. The van der Waals surface area contributed by atoms with Gasteiger partial charge in [-0.2, -0.15) is 20.5 Å². The lowest BCUT2D eigenvalue weighted by molar-refractivity contribution is -0.114. The second kappa shape index (κ2) is 8.68.